The standard InChI is InChI=1S/C6H10O3/c1-5(7)2-6(8)3-9-4-6/h8H,2-4H2,1H3. The maximum absolute atomic E-state index is 10.4. The van der Waals surface area contributed by atoms with Crippen LogP contribution in [0, 0.1) is 0 Å². The zero-order valence-electron chi connectivity index (χ0n) is 5.39. The molecule has 0 spiro atoms. The lowest BCUT2D eigenvalue weighted by atomic mass is 9.96. The Balaban J connectivity index is 2.33. The quantitative estimate of drug-likeness (QED) is 0.559. The van der Waals surface area contributed by atoms with Crippen LogP contribution in [0.15, 0.2) is 0 Å². The predicted molar refractivity (Wildman–Crippen MR) is 31.1 cm³/mol. The van der Waals surface area contributed by atoms with Crippen molar-refractivity contribution in [2.24, 2.45) is 0 Å². The first-order valence-corrected chi connectivity index (χ1v) is 2.92. The van der Waals surface area contributed by atoms with Gasteiger partial charge in [-0.1, -0.05) is 0 Å². The van der Waals surface area contributed by atoms with Gasteiger partial charge in [0.15, 0.2) is 0 Å². The van der Waals surface area contributed by atoms with Gasteiger partial charge in [0.1, 0.15) is 11.4 Å². The van der Waals surface area contributed by atoms with Crippen LogP contribution in [0.3, 0.4) is 0 Å². The van der Waals surface area contributed by atoms with Gasteiger partial charge >= 0.3 is 0 Å². The Hall–Kier alpha value is -0.410. The van der Waals surface area contributed by atoms with E-state index in [-0.39, 0.29) is 12.2 Å². The third kappa shape index (κ3) is 1.50. The molecular formula is C6H10O3. The third-order valence-electron chi connectivity index (χ3n) is 1.32. The number of carbonyl (C=O) groups is 1. The molecule has 0 saturated carbocycles. The summed E-state index contributed by atoms with van der Waals surface area (Å²) in [7, 11) is 0. The number of ketones is 1. The molecule has 1 aliphatic heterocycles. The molecule has 52 valence electrons. The van der Waals surface area contributed by atoms with Crippen LogP contribution in [0.25, 0.3) is 0 Å². The fourth-order valence-corrected chi connectivity index (χ4v) is 0.903. The van der Waals surface area contributed by atoms with Gasteiger partial charge in [-0.3, -0.25) is 4.79 Å². The molecule has 1 rings (SSSR count). The maximum Gasteiger partial charge on any atom is 0.132 e. The molecule has 1 saturated heterocycles. The second kappa shape index (κ2) is 2.08. The van der Waals surface area contributed by atoms with E-state index >= 15 is 0 Å². The molecule has 0 atom stereocenters. The third-order valence-corrected chi connectivity index (χ3v) is 1.32. The van der Waals surface area contributed by atoms with Crippen molar-refractivity contribution in [3.8, 4) is 0 Å². The largest absolute Gasteiger partial charge is 0.385 e. The van der Waals surface area contributed by atoms with Gasteiger partial charge in [0.2, 0.25) is 0 Å². The van der Waals surface area contributed by atoms with Gasteiger partial charge in [-0.25, -0.2) is 0 Å². The highest BCUT2D eigenvalue weighted by Gasteiger charge is 2.36. The minimum Gasteiger partial charge on any atom is -0.385 e. The van der Waals surface area contributed by atoms with Crippen molar-refractivity contribution in [3.63, 3.8) is 0 Å². The summed E-state index contributed by atoms with van der Waals surface area (Å²) < 4.78 is 4.74. The summed E-state index contributed by atoms with van der Waals surface area (Å²) >= 11 is 0. The number of aliphatic hydroxyl groups is 1. The molecule has 1 N–H and O–H groups in total. The Kier molecular flexibility index (Phi) is 1.55. The van der Waals surface area contributed by atoms with Crippen LogP contribution in [-0.2, 0) is 9.53 Å². The Bertz CT molecular complexity index is 126. The van der Waals surface area contributed by atoms with Crippen molar-refractivity contribution in [1.29, 1.82) is 0 Å². The molecule has 1 aliphatic rings. The summed E-state index contributed by atoms with van der Waals surface area (Å²) in [4.78, 5) is 10.4. The van der Waals surface area contributed by atoms with Crippen molar-refractivity contribution < 1.29 is 14.6 Å². The van der Waals surface area contributed by atoms with Gasteiger partial charge in [-0.2, -0.15) is 0 Å². The monoisotopic (exact) mass is 130 g/mol. The molecule has 0 aliphatic carbocycles. The molecule has 0 unspecified atom stereocenters. The summed E-state index contributed by atoms with van der Waals surface area (Å²) in [6.07, 6.45) is 0.229. The molecule has 3 heteroatoms. The minimum absolute atomic E-state index is 0.0146. The highest BCUT2D eigenvalue weighted by molar-refractivity contribution is 5.76. The van der Waals surface area contributed by atoms with Gasteiger partial charge < -0.3 is 9.84 Å². The van der Waals surface area contributed by atoms with E-state index in [4.69, 9.17) is 4.74 Å². The molecular weight excluding hydrogens is 120 g/mol. The maximum atomic E-state index is 10.4. The average molecular weight is 130 g/mol. The highest BCUT2D eigenvalue weighted by Crippen LogP contribution is 2.20. The molecule has 9 heavy (non-hydrogen) atoms. The lowest BCUT2D eigenvalue weighted by Crippen LogP contribution is -2.50. The van der Waals surface area contributed by atoms with Gasteiger partial charge in [0, 0.05) is 6.42 Å². The van der Waals surface area contributed by atoms with Crippen LogP contribution in [0.5, 0.6) is 0 Å². The van der Waals surface area contributed by atoms with Crippen molar-refractivity contribution in [3.05, 3.63) is 0 Å². The molecule has 1 fully saturated rings. The van der Waals surface area contributed by atoms with Gasteiger partial charge in [-0.15, -0.1) is 0 Å². The summed E-state index contributed by atoms with van der Waals surface area (Å²) in [5.74, 6) is 0.0146. The van der Waals surface area contributed by atoms with E-state index in [9.17, 15) is 9.90 Å². The SMILES string of the molecule is CC(=O)CC1(O)COC1. The van der Waals surface area contributed by atoms with E-state index in [0.29, 0.717) is 13.2 Å². The van der Waals surface area contributed by atoms with Crippen molar-refractivity contribution >= 4 is 5.78 Å². The minimum atomic E-state index is -0.828. The van der Waals surface area contributed by atoms with Gasteiger partial charge in [0.05, 0.1) is 13.2 Å². The Morgan fingerprint density at radius 3 is 2.44 bits per heavy atom. The fraction of sp³-hybridized carbons (Fsp3) is 0.833. The number of hydrogen-bond donors (Lipinski definition) is 1. The van der Waals surface area contributed by atoms with Crippen LogP contribution in [0.4, 0.5) is 0 Å². The Morgan fingerprint density at radius 1 is 1.78 bits per heavy atom. The van der Waals surface area contributed by atoms with E-state index in [1.165, 1.54) is 6.92 Å². The summed E-state index contributed by atoms with van der Waals surface area (Å²) in [6.45, 7) is 2.09. The summed E-state index contributed by atoms with van der Waals surface area (Å²) in [5.41, 5.74) is -0.828. The van der Waals surface area contributed by atoms with E-state index in [0.717, 1.165) is 0 Å². The normalized spacial score (nSPS) is 22.9. The lowest BCUT2D eigenvalue weighted by Gasteiger charge is -2.35. The fourth-order valence-electron chi connectivity index (χ4n) is 0.903. The topological polar surface area (TPSA) is 46.5 Å². The number of ether oxygens (including phenoxy) is 1. The van der Waals surface area contributed by atoms with E-state index < -0.39 is 5.60 Å². The molecule has 0 aromatic heterocycles. The zero-order chi connectivity index (χ0) is 6.91. The molecule has 0 aromatic rings. The first kappa shape index (κ1) is 6.71. The van der Waals surface area contributed by atoms with Crippen molar-refractivity contribution in [1.82, 2.24) is 0 Å². The molecule has 3 nitrogen and oxygen atoms in total. The number of carbonyl (C=O) groups excluding carboxylic acids is 1. The zero-order valence-corrected chi connectivity index (χ0v) is 5.39. The second-order valence-electron chi connectivity index (χ2n) is 2.60. The molecule has 0 aromatic carbocycles. The summed E-state index contributed by atoms with van der Waals surface area (Å²) in [5, 5.41) is 9.23. The lowest BCUT2D eigenvalue weighted by molar-refractivity contribution is -0.183. The predicted octanol–water partition coefficient (Wildman–Crippen LogP) is -0.273. The highest BCUT2D eigenvalue weighted by atomic mass is 16.5. The van der Waals surface area contributed by atoms with Gasteiger partial charge in [0.25, 0.3) is 0 Å². The van der Waals surface area contributed by atoms with E-state index in [1.54, 1.807) is 0 Å². The average Bonchev–Trinajstić information content (AvgIpc) is 1.60. The Labute approximate surface area is 53.6 Å². The van der Waals surface area contributed by atoms with Crippen LogP contribution < -0.4 is 0 Å². The number of hydrogen-bond acceptors (Lipinski definition) is 3. The van der Waals surface area contributed by atoms with Crippen LogP contribution in [-0.4, -0.2) is 29.7 Å². The first-order chi connectivity index (χ1) is 4.12. The van der Waals surface area contributed by atoms with Gasteiger partial charge in [-0.05, 0) is 6.92 Å². The Morgan fingerprint density at radius 2 is 2.33 bits per heavy atom. The number of rotatable bonds is 2. The van der Waals surface area contributed by atoms with Crippen LogP contribution in [0.1, 0.15) is 13.3 Å². The molecule has 1 heterocycles. The molecule has 0 amide bonds. The molecule has 0 radical (unpaired) electrons. The van der Waals surface area contributed by atoms with Crippen LogP contribution >= 0.6 is 0 Å². The smallest absolute Gasteiger partial charge is 0.132 e. The first-order valence-electron chi connectivity index (χ1n) is 2.92. The molecule has 0 bridgehead atoms. The summed E-state index contributed by atoms with van der Waals surface area (Å²) in [6, 6.07) is 0. The van der Waals surface area contributed by atoms with E-state index in [2.05, 4.69) is 0 Å². The number of Topliss-reactive ketones (excluding diaryl/α,β-unsaturated/α-hetero) is 1. The second-order valence-corrected chi connectivity index (χ2v) is 2.60. The van der Waals surface area contributed by atoms with E-state index in [1.807, 2.05) is 0 Å². The van der Waals surface area contributed by atoms with Crippen LogP contribution in [0.2, 0.25) is 0 Å². The van der Waals surface area contributed by atoms with Crippen molar-refractivity contribution in [2.45, 2.75) is 18.9 Å². The van der Waals surface area contributed by atoms with Crippen molar-refractivity contribution in [2.75, 3.05) is 13.2 Å².